The highest BCUT2D eigenvalue weighted by Gasteiger charge is 2.16. The second-order valence-electron chi connectivity index (χ2n) is 8.63. The number of nitrogens with one attached hydrogen (secondary N) is 3. The molecule has 0 aliphatic heterocycles. The highest BCUT2D eigenvalue weighted by Crippen LogP contribution is 2.42. The SMILES string of the molecule is CNC(=O)c1cccc(-c2cnc(N)c3c(-c4ccc(NC(=O)Nc5cccc(CN)c5)cc4)csc23)c1. The van der Waals surface area contributed by atoms with Crippen molar-refractivity contribution in [1.29, 1.82) is 0 Å². The molecule has 0 aliphatic carbocycles. The molecule has 0 spiro atoms. The Morgan fingerprint density at radius 2 is 1.66 bits per heavy atom. The molecule has 190 valence electrons. The minimum absolute atomic E-state index is 0.148. The molecule has 0 saturated heterocycles. The van der Waals surface area contributed by atoms with Crippen LogP contribution in [0.15, 0.2) is 84.4 Å². The molecular formula is C29H26N6O2S. The van der Waals surface area contributed by atoms with Gasteiger partial charge < -0.3 is 27.4 Å². The van der Waals surface area contributed by atoms with Crippen LogP contribution in [-0.2, 0) is 6.54 Å². The maximum Gasteiger partial charge on any atom is 0.323 e. The number of thiophene rings is 1. The highest BCUT2D eigenvalue weighted by atomic mass is 32.1. The van der Waals surface area contributed by atoms with Crippen molar-refractivity contribution in [2.75, 3.05) is 23.4 Å². The Morgan fingerprint density at radius 3 is 2.42 bits per heavy atom. The first-order chi connectivity index (χ1) is 18.5. The van der Waals surface area contributed by atoms with Gasteiger partial charge in [0.2, 0.25) is 0 Å². The zero-order valence-corrected chi connectivity index (χ0v) is 21.4. The van der Waals surface area contributed by atoms with Crippen molar-refractivity contribution >= 4 is 50.6 Å². The summed E-state index contributed by atoms with van der Waals surface area (Å²) in [6.45, 7) is 0.403. The van der Waals surface area contributed by atoms with E-state index >= 15 is 0 Å². The predicted molar refractivity (Wildman–Crippen MR) is 155 cm³/mol. The number of hydrogen-bond acceptors (Lipinski definition) is 6. The molecule has 9 heteroatoms. The van der Waals surface area contributed by atoms with Crippen LogP contribution in [0.3, 0.4) is 0 Å². The van der Waals surface area contributed by atoms with Crippen LogP contribution in [0.2, 0.25) is 0 Å². The normalized spacial score (nSPS) is 10.8. The Hall–Kier alpha value is -4.73. The zero-order valence-electron chi connectivity index (χ0n) is 20.6. The van der Waals surface area contributed by atoms with Gasteiger partial charge in [-0.05, 0) is 58.5 Å². The van der Waals surface area contributed by atoms with Crippen LogP contribution in [0.25, 0.3) is 32.3 Å². The van der Waals surface area contributed by atoms with E-state index in [0.29, 0.717) is 29.3 Å². The van der Waals surface area contributed by atoms with E-state index < -0.39 is 0 Å². The highest BCUT2D eigenvalue weighted by molar-refractivity contribution is 7.18. The van der Waals surface area contributed by atoms with Crippen molar-refractivity contribution in [2.24, 2.45) is 5.73 Å². The van der Waals surface area contributed by atoms with Gasteiger partial charge in [0.05, 0.1) is 0 Å². The summed E-state index contributed by atoms with van der Waals surface area (Å²) >= 11 is 1.57. The predicted octanol–water partition coefficient (Wildman–Crippen LogP) is 5.67. The number of nitrogens with zero attached hydrogens (tertiary/aromatic N) is 1. The van der Waals surface area contributed by atoms with Crippen molar-refractivity contribution < 1.29 is 9.59 Å². The van der Waals surface area contributed by atoms with Crippen molar-refractivity contribution in [3.63, 3.8) is 0 Å². The van der Waals surface area contributed by atoms with Gasteiger partial charge in [0.15, 0.2) is 0 Å². The van der Waals surface area contributed by atoms with Crippen molar-refractivity contribution in [3.8, 4) is 22.3 Å². The largest absolute Gasteiger partial charge is 0.383 e. The molecule has 3 aromatic carbocycles. The van der Waals surface area contributed by atoms with Gasteiger partial charge in [-0.2, -0.15) is 0 Å². The standard InChI is InChI=1S/C29H26N6O2S/c1-32-28(36)20-6-3-5-19(13-20)23-15-33-27(31)25-24(16-38-26(23)25)18-8-10-21(11-9-18)34-29(37)35-22-7-2-4-17(12-22)14-30/h2-13,15-16H,14,30H2,1H3,(H2,31,33)(H,32,36)(H2,34,35,37). The van der Waals surface area contributed by atoms with Gasteiger partial charge in [-0.3, -0.25) is 4.79 Å². The van der Waals surface area contributed by atoms with E-state index in [2.05, 4.69) is 20.9 Å². The molecule has 0 bridgehead atoms. The molecule has 0 unspecified atom stereocenters. The van der Waals surface area contributed by atoms with Crippen molar-refractivity contribution in [3.05, 3.63) is 95.5 Å². The Kier molecular flexibility index (Phi) is 7.03. The Bertz CT molecular complexity index is 1650. The fourth-order valence-electron chi connectivity index (χ4n) is 4.26. The molecule has 7 N–H and O–H groups in total. The Morgan fingerprint density at radius 1 is 0.895 bits per heavy atom. The summed E-state index contributed by atoms with van der Waals surface area (Å²) in [6, 6.07) is 22.1. The van der Waals surface area contributed by atoms with Crippen molar-refractivity contribution in [2.45, 2.75) is 6.54 Å². The average Bonchev–Trinajstić information content (AvgIpc) is 3.39. The smallest absolute Gasteiger partial charge is 0.323 e. The number of carbonyl (C=O) groups is 2. The minimum atomic E-state index is -0.343. The van der Waals surface area contributed by atoms with Gasteiger partial charge in [-0.1, -0.05) is 36.4 Å². The molecule has 5 aromatic rings. The van der Waals surface area contributed by atoms with E-state index in [1.807, 2.05) is 72.1 Å². The molecule has 2 heterocycles. The molecule has 8 nitrogen and oxygen atoms in total. The Balaban J connectivity index is 1.40. The summed E-state index contributed by atoms with van der Waals surface area (Å²) in [6.07, 6.45) is 1.75. The third-order valence-corrected chi connectivity index (χ3v) is 7.17. The fraction of sp³-hybridized carbons (Fsp3) is 0.0690. The molecule has 0 atom stereocenters. The van der Waals surface area contributed by atoms with E-state index in [-0.39, 0.29) is 11.9 Å². The van der Waals surface area contributed by atoms with Crippen LogP contribution < -0.4 is 27.4 Å². The fourth-order valence-corrected chi connectivity index (χ4v) is 5.38. The number of anilines is 3. The van der Waals surface area contributed by atoms with Gasteiger partial charge in [-0.15, -0.1) is 11.3 Å². The quantitative estimate of drug-likeness (QED) is 0.196. The van der Waals surface area contributed by atoms with Gasteiger partial charge >= 0.3 is 6.03 Å². The molecule has 5 rings (SSSR count). The third-order valence-electron chi connectivity index (χ3n) is 6.16. The summed E-state index contributed by atoms with van der Waals surface area (Å²) in [7, 11) is 1.61. The van der Waals surface area contributed by atoms with E-state index in [4.69, 9.17) is 11.5 Å². The lowest BCUT2D eigenvalue weighted by Gasteiger charge is -2.10. The third kappa shape index (κ3) is 5.06. The molecule has 0 saturated carbocycles. The van der Waals surface area contributed by atoms with Crippen LogP contribution in [0, 0.1) is 0 Å². The second-order valence-corrected chi connectivity index (χ2v) is 9.51. The number of rotatable bonds is 6. The first-order valence-electron chi connectivity index (χ1n) is 11.9. The van der Waals surface area contributed by atoms with Crippen LogP contribution in [-0.4, -0.2) is 24.0 Å². The number of carbonyl (C=O) groups excluding carboxylic acids is 2. The van der Waals surface area contributed by atoms with Gasteiger partial charge in [0.1, 0.15) is 5.82 Å². The number of fused-ring (bicyclic) bond motifs is 1. The van der Waals surface area contributed by atoms with Gasteiger partial charge in [0.25, 0.3) is 5.91 Å². The summed E-state index contributed by atoms with van der Waals surface area (Å²) in [5.41, 5.74) is 18.5. The molecule has 0 aliphatic rings. The summed E-state index contributed by atoms with van der Waals surface area (Å²) in [5.74, 6) is 0.286. The topological polar surface area (TPSA) is 135 Å². The molecule has 38 heavy (non-hydrogen) atoms. The van der Waals surface area contributed by atoms with E-state index in [1.165, 1.54) is 0 Å². The lowest BCUT2D eigenvalue weighted by atomic mass is 10.00. The number of amides is 3. The van der Waals surface area contributed by atoms with Crippen LogP contribution in [0.1, 0.15) is 15.9 Å². The maximum atomic E-state index is 12.5. The molecule has 0 fully saturated rings. The molecule has 0 radical (unpaired) electrons. The van der Waals surface area contributed by atoms with E-state index in [0.717, 1.165) is 37.9 Å². The zero-order chi connectivity index (χ0) is 26.6. The maximum absolute atomic E-state index is 12.5. The first kappa shape index (κ1) is 24.9. The summed E-state index contributed by atoms with van der Waals surface area (Å²) in [5, 5.41) is 11.2. The monoisotopic (exact) mass is 522 g/mol. The molecular weight excluding hydrogens is 496 g/mol. The summed E-state index contributed by atoms with van der Waals surface area (Å²) < 4.78 is 0.989. The van der Waals surface area contributed by atoms with Crippen LogP contribution >= 0.6 is 11.3 Å². The van der Waals surface area contributed by atoms with Crippen molar-refractivity contribution in [1.82, 2.24) is 10.3 Å². The number of aromatic nitrogens is 1. The van der Waals surface area contributed by atoms with Gasteiger partial charge in [0, 0.05) is 57.9 Å². The first-order valence-corrected chi connectivity index (χ1v) is 12.8. The molecule has 2 aromatic heterocycles. The van der Waals surface area contributed by atoms with Crippen LogP contribution in [0.4, 0.5) is 22.0 Å². The Labute approximate surface area is 223 Å². The average molecular weight is 523 g/mol. The lowest BCUT2D eigenvalue weighted by Crippen LogP contribution is -2.19. The number of nitrogens with two attached hydrogens (primary N) is 2. The number of pyridine rings is 1. The van der Waals surface area contributed by atoms with E-state index in [1.54, 1.807) is 30.6 Å². The molecule has 3 amide bonds. The van der Waals surface area contributed by atoms with E-state index in [9.17, 15) is 9.59 Å². The number of hydrogen-bond donors (Lipinski definition) is 5. The number of nitrogen functional groups attached to an aromatic ring is 1. The van der Waals surface area contributed by atoms with Crippen LogP contribution in [0.5, 0.6) is 0 Å². The number of urea groups is 1. The van der Waals surface area contributed by atoms with Gasteiger partial charge in [-0.25, -0.2) is 9.78 Å². The number of benzene rings is 3. The second kappa shape index (κ2) is 10.7. The lowest BCUT2D eigenvalue weighted by molar-refractivity contribution is 0.0963. The summed E-state index contributed by atoms with van der Waals surface area (Å²) in [4.78, 5) is 29.1. The minimum Gasteiger partial charge on any atom is -0.383 e.